The molecule has 4 saturated carbocycles. The van der Waals surface area contributed by atoms with E-state index in [9.17, 15) is 10.2 Å². The van der Waals surface area contributed by atoms with Crippen molar-refractivity contribution in [2.24, 2.45) is 39.9 Å². The van der Waals surface area contributed by atoms with Gasteiger partial charge in [-0.1, -0.05) is 41.5 Å². The predicted molar refractivity (Wildman–Crippen MR) is 85.8 cm³/mol. The van der Waals surface area contributed by atoms with Crippen LogP contribution in [0.4, 0.5) is 0 Å². The number of hydrogen-bond acceptors (Lipinski definition) is 2. The third-order valence-corrected chi connectivity index (χ3v) is 7.92. The first kappa shape index (κ1) is 15.8. The number of fused-ring (bicyclic) bond motifs is 3. The molecule has 4 rings (SSSR count). The molecule has 4 aliphatic rings. The number of hydrogen-bond donors (Lipinski definition) is 2. The van der Waals surface area contributed by atoms with Gasteiger partial charge in [0, 0.05) is 0 Å². The van der Waals surface area contributed by atoms with Crippen LogP contribution in [-0.4, -0.2) is 22.4 Å². The standard InChI is InChI=1S/C10H18O.C9H16O/c1-9(2)7-4-5-10(3,6-7)8(9)11;1-5-6-4-7(6)9(2,3)8(5)10/h7-8,11H,4-6H2,1-3H3;5-8,10H,4H2,1-3H3/t7?,8?,10-;/m0./s1. The van der Waals surface area contributed by atoms with Gasteiger partial charge in [0.25, 0.3) is 0 Å². The summed E-state index contributed by atoms with van der Waals surface area (Å²) in [4.78, 5) is 0. The quantitative estimate of drug-likeness (QED) is 0.712. The lowest BCUT2D eigenvalue weighted by molar-refractivity contribution is -0.0340. The van der Waals surface area contributed by atoms with E-state index in [-0.39, 0.29) is 28.5 Å². The largest absolute Gasteiger partial charge is 0.392 e. The molecule has 4 aliphatic carbocycles. The lowest BCUT2D eigenvalue weighted by Crippen LogP contribution is -2.39. The molecule has 0 radical (unpaired) electrons. The van der Waals surface area contributed by atoms with Crippen molar-refractivity contribution in [3.05, 3.63) is 0 Å². The van der Waals surface area contributed by atoms with Gasteiger partial charge in [-0.15, -0.1) is 0 Å². The summed E-state index contributed by atoms with van der Waals surface area (Å²) in [7, 11) is 0. The summed E-state index contributed by atoms with van der Waals surface area (Å²) >= 11 is 0. The van der Waals surface area contributed by atoms with Crippen LogP contribution in [0.2, 0.25) is 0 Å². The second kappa shape index (κ2) is 4.47. The molecule has 0 aromatic carbocycles. The lowest BCUT2D eigenvalue weighted by Gasteiger charge is -2.38. The molecule has 7 atom stereocenters. The fourth-order valence-corrected chi connectivity index (χ4v) is 6.06. The van der Waals surface area contributed by atoms with Gasteiger partial charge >= 0.3 is 0 Å². The van der Waals surface area contributed by atoms with Gasteiger partial charge in [0.05, 0.1) is 12.2 Å². The Labute approximate surface area is 130 Å². The minimum atomic E-state index is -0.0613. The first-order valence-corrected chi connectivity index (χ1v) is 8.88. The molecule has 0 aromatic heterocycles. The zero-order chi connectivity index (χ0) is 15.8. The highest BCUT2D eigenvalue weighted by molar-refractivity contribution is 5.10. The van der Waals surface area contributed by atoms with Gasteiger partial charge in [0.2, 0.25) is 0 Å². The topological polar surface area (TPSA) is 40.5 Å². The van der Waals surface area contributed by atoms with E-state index in [1.807, 2.05) is 0 Å². The molecule has 0 aromatic rings. The summed E-state index contributed by atoms with van der Waals surface area (Å²) in [5.41, 5.74) is 0.658. The van der Waals surface area contributed by atoms with Gasteiger partial charge in [-0.2, -0.15) is 0 Å². The van der Waals surface area contributed by atoms with E-state index in [1.54, 1.807) is 0 Å². The molecule has 0 amide bonds. The highest BCUT2D eigenvalue weighted by Gasteiger charge is 2.61. The van der Waals surface area contributed by atoms with Crippen molar-refractivity contribution in [3.63, 3.8) is 0 Å². The summed E-state index contributed by atoms with van der Waals surface area (Å²) in [5.74, 6) is 3.02. The molecule has 2 heteroatoms. The smallest absolute Gasteiger partial charge is 0.0647 e. The Morgan fingerprint density at radius 2 is 1.57 bits per heavy atom. The maximum atomic E-state index is 10.0. The van der Waals surface area contributed by atoms with Gasteiger partial charge in [0.1, 0.15) is 0 Å². The Kier molecular flexibility index (Phi) is 3.37. The molecule has 0 saturated heterocycles. The van der Waals surface area contributed by atoms with Crippen LogP contribution in [0.3, 0.4) is 0 Å². The Hall–Kier alpha value is -0.0800. The molecular weight excluding hydrogens is 260 g/mol. The van der Waals surface area contributed by atoms with E-state index < -0.39 is 0 Å². The second-order valence-electron chi connectivity index (χ2n) is 9.95. The fourth-order valence-electron chi connectivity index (χ4n) is 6.06. The van der Waals surface area contributed by atoms with Gasteiger partial charge in [0.15, 0.2) is 0 Å². The fraction of sp³-hybridized carbons (Fsp3) is 1.00. The molecule has 0 heterocycles. The maximum absolute atomic E-state index is 10.0. The van der Waals surface area contributed by atoms with Crippen LogP contribution in [0.15, 0.2) is 0 Å². The van der Waals surface area contributed by atoms with E-state index in [4.69, 9.17) is 0 Å². The van der Waals surface area contributed by atoms with Crippen molar-refractivity contribution in [2.75, 3.05) is 0 Å². The van der Waals surface area contributed by atoms with Gasteiger partial charge < -0.3 is 10.2 Å². The molecule has 0 aliphatic heterocycles. The number of aliphatic hydroxyl groups excluding tert-OH is 2. The SMILES string of the molecule is CC1(C)C2CC[C@@](C)(C2)C1O.CC1C2CC2C(C)(C)C1O. The highest BCUT2D eigenvalue weighted by Crippen LogP contribution is 2.64. The molecule has 4 fully saturated rings. The number of rotatable bonds is 0. The van der Waals surface area contributed by atoms with Crippen LogP contribution < -0.4 is 0 Å². The van der Waals surface area contributed by atoms with Crippen molar-refractivity contribution >= 4 is 0 Å². The van der Waals surface area contributed by atoms with Crippen molar-refractivity contribution in [3.8, 4) is 0 Å². The van der Waals surface area contributed by atoms with Crippen LogP contribution >= 0.6 is 0 Å². The molecule has 122 valence electrons. The van der Waals surface area contributed by atoms with Crippen LogP contribution in [0.25, 0.3) is 0 Å². The monoisotopic (exact) mass is 294 g/mol. The van der Waals surface area contributed by atoms with Crippen molar-refractivity contribution in [1.82, 2.24) is 0 Å². The average molecular weight is 294 g/mol. The summed E-state index contributed by atoms with van der Waals surface area (Å²) < 4.78 is 0. The molecular formula is C19H34O2. The summed E-state index contributed by atoms with van der Waals surface area (Å²) in [5, 5.41) is 19.7. The summed E-state index contributed by atoms with van der Waals surface area (Å²) in [6, 6.07) is 0. The van der Waals surface area contributed by atoms with Crippen LogP contribution in [0.1, 0.15) is 67.2 Å². The van der Waals surface area contributed by atoms with Gasteiger partial charge in [-0.3, -0.25) is 0 Å². The minimum Gasteiger partial charge on any atom is -0.392 e. The second-order valence-corrected chi connectivity index (χ2v) is 9.95. The van der Waals surface area contributed by atoms with Crippen LogP contribution in [-0.2, 0) is 0 Å². The summed E-state index contributed by atoms with van der Waals surface area (Å²) in [6.07, 6.45) is 5.08. The van der Waals surface area contributed by atoms with Crippen molar-refractivity contribution < 1.29 is 10.2 Å². The average Bonchev–Trinajstić information content (AvgIpc) is 3.04. The van der Waals surface area contributed by atoms with Crippen molar-refractivity contribution in [1.29, 1.82) is 0 Å². The Morgan fingerprint density at radius 3 is 1.81 bits per heavy atom. The Bertz CT molecular complexity index is 421. The van der Waals surface area contributed by atoms with E-state index in [1.165, 1.54) is 25.7 Å². The first-order chi connectivity index (χ1) is 9.52. The van der Waals surface area contributed by atoms with E-state index in [0.29, 0.717) is 5.92 Å². The van der Waals surface area contributed by atoms with E-state index in [0.717, 1.165) is 17.8 Å². The molecule has 2 nitrogen and oxygen atoms in total. The maximum Gasteiger partial charge on any atom is 0.0647 e. The third-order valence-electron chi connectivity index (χ3n) is 7.92. The molecule has 2 N–H and O–H groups in total. The normalized spacial score (nSPS) is 54.9. The molecule has 0 spiro atoms. The zero-order valence-corrected chi connectivity index (χ0v) is 14.7. The molecule has 2 bridgehead atoms. The highest BCUT2D eigenvalue weighted by atomic mass is 16.3. The first-order valence-electron chi connectivity index (χ1n) is 8.88. The lowest BCUT2D eigenvalue weighted by atomic mass is 9.70. The van der Waals surface area contributed by atoms with E-state index >= 15 is 0 Å². The molecule has 6 unspecified atom stereocenters. The van der Waals surface area contributed by atoms with Gasteiger partial charge in [-0.05, 0) is 65.6 Å². The number of aliphatic hydroxyl groups is 2. The van der Waals surface area contributed by atoms with E-state index in [2.05, 4.69) is 41.5 Å². The van der Waals surface area contributed by atoms with Crippen LogP contribution in [0, 0.1) is 39.9 Å². The van der Waals surface area contributed by atoms with Crippen molar-refractivity contribution in [2.45, 2.75) is 79.4 Å². The Morgan fingerprint density at radius 1 is 0.952 bits per heavy atom. The molecule has 21 heavy (non-hydrogen) atoms. The zero-order valence-electron chi connectivity index (χ0n) is 14.7. The third kappa shape index (κ3) is 2.12. The Balaban J connectivity index is 0.000000126. The summed E-state index contributed by atoms with van der Waals surface area (Å²) in [6.45, 7) is 13.3. The minimum absolute atomic E-state index is 0.0451. The van der Waals surface area contributed by atoms with Crippen LogP contribution in [0.5, 0.6) is 0 Å². The van der Waals surface area contributed by atoms with Gasteiger partial charge in [-0.25, -0.2) is 0 Å². The predicted octanol–water partition coefficient (Wildman–Crippen LogP) is 3.85.